The van der Waals surface area contributed by atoms with Crippen molar-refractivity contribution >= 4 is 12.0 Å². The zero-order valence-electron chi connectivity index (χ0n) is 9.07. The molecule has 2 aliphatic heterocycles. The van der Waals surface area contributed by atoms with Crippen molar-refractivity contribution in [1.82, 2.24) is 4.90 Å². The van der Waals surface area contributed by atoms with Crippen LogP contribution in [-0.4, -0.2) is 35.7 Å². The predicted molar refractivity (Wildman–Crippen MR) is 58.9 cm³/mol. The molecule has 3 rings (SSSR count). The molecule has 0 bridgehead atoms. The number of hydrogen-bond acceptors (Lipinski definition) is 3. The normalized spacial score (nSPS) is 38.7. The molecule has 0 amide bonds. The highest BCUT2D eigenvalue weighted by atomic mass is 16.1. The maximum absolute atomic E-state index is 11.2. The van der Waals surface area contributed by atoms with E-state index in [1.165, 1.54) is 25.9 Å². The summed E-state index contributed by atoms with van der Waals surface area (Å²) in [5.74, 6) is 0.639. The van der Waals surface area contributed by atoms with Crippen molar-refractivity contribution in [2.75, 3.05) is 13.1 Å². The van der Waals surface area contributed by atoms with Crippen LogP contribution in [0.15, 0.2) is 16.6 Å². The van der Waals surface area contributed by atoms with Gasteiger partial charge in [0.25, 0.3) is 0 Å². The fraction of sp³-hybridized carbons (Fsp3) is 0.667. The Labute approximate surface area is 89.9 Å². The summed E-state index contributed by atoms with van der Waals surface area (Å²) >= 11 is 0. The Morgan fingerprint density at radius 2 is 2.27 bits per heavy atom. The van der Waals surface area contributed by atoms with Gasteiger partial charge in [0, 0.05) is 30.8 Å². The third kappa shape index (κ3) is 1.29. The number of fused-ring (bicyclic) bond motifs is 1. The van der Waals surface area contributed by atoms with Gasteiger partial charge >= 0.3 is 0 Å². The SMILES string of the molecule is CC(=O)C1=CC2CC2(N2CCCC2)N=C1. The molecule has 0 aromatic rings. The molecule has 0 spiro atoms. The number of aliphatic imine (C=N–C) groups is 1. The fourth-order valence-corrected chi connectivity index (χ4v) is 2.80. The van der Waals surface area contributed by atoms with Gasteiger partial charge in [0.2, 0.25) is 0 Å². The van der Waals surface area contributed by atoms with Crippen LogP contribution in [0.25, 0.3) is 0 Å². The summed E-state index contributed by atoms with van der Waals surface area (Å²) in [6, 6.07) is 0. The maximum Gasteiger partial charge on any atom is 0.161 e. The lowest BCUT2D eigenvalue weighted by Crippen LogP contribution is -2.36. The molecule has 3 nitrogen and oxygen atoms in total. The Morgan fingerprint density at radius 3 is 2.87 bits per heavy atom. The third-order valence-corrected chi connectivity index (χ3v) is 3.82. The highest BCUT2D eigenvalue weighted by Crippen LogP contribution is 2.53. The second kappa shape index (κ2) is 3.01. The molecule has 15 heavy (non-hydrogen) atoms. The first-order chi connectivity index (χ1) is 7.22. The minimum atomic E-state index is 0.0649. The average Bonchev–Trinajstić information content (AvgIpc) is 2.70. The molecule has 2 atom stereocenters. The highest BCUT2D eigenvalue weighted by molar-refractivity contribution is 6.12. The van der Waals surface area contributed by atoms with Gasteiger partial charge in [-0.15, -0.1) is 0 Å². The Hall–Kier alpha value is -0.960. The maximum atomic E-state index is 11.2. The van der Waals surface area contributed by atoms with Crippen LogP contribution in [0, 0.1) is 5.92 Å². The summed E-state index contributed by atoms with van der Waals surface area (Å²) in [6.45, 7) is 3.97. The zero-order chi connectivity index (χ0) is 10.5. The van der Waals surface area contributed by atoms with E-state index in [0.717, 1.165) is 12.0 Å². The van der Waals surface area contributed by atoms with E-state index >= 15 is 0 Å². The number of ketones is 1. The van der Waals surface area contributed by atoms with Crippen LogP contribution in [0.5, 0.6) is 0 Å². The Kier molecular flexibility index (Phi) is 1.87. The van der Waals surface area contributed by atoms with E-state index in [4.69, 9.17) is 0 Å². The van der Waals surface area contributed by atoms with Gasteiger partial charge in [-0.05, 0) is 26.2 Å². The number of allylic oxidation sites excluding steroid dienone is 1. The molecular formula is C12H16N2O. The van der Waals surface area contributed by atoms with Crippen LogP contribution < -0.4 is 0 Å². The largest absolute Gasteiger partial charge is 0.294 e. The molecule has 0 radical (unpaired) electrons. The number of rotatable bonds is 2. The summed E-state index contributed by atoms with van der Waals surface area (Å²) in [6.07, 6.45) is 7.61. The minimum Gasteiger partial charge on any atom is -0.294 e. The molecule has 2 heterocycles. The first-order valence-corrected chi connectivity index (χ1v) is 5.75. The van der Waals surface area contributed by atoms with Gasteiger partial charge < -0.3 is 0 Å². The zero-order valence-corrected chi connectivity index (χ0v) is 9.07. The number of carbonyl (C=O) groups excluding carboxylic acids is 1. The van der Waals surface area contributed by atoms with Gasteiger partial charge in [0.1, 0.15) is 5.66 Å². The highest BCUT2D eigenvalue weighted by Gasteiger charge is 2.58. The van der Waals surface area contributed by atoms with Crippen molar-refractivity contribution < 1.29 is 4.79 Å². The van der Waals surface area contributed by atoms with Crippen molar-refractivity contribution in [2.45, 2.75) is 31.8 Å². The van der Waals surface area contributed by atoms with Crippen LogP contribution in [0.4, 0.5) is 0 Å². The Morgan fingerprint density at radius 1 is 1.53 bits per heavy atom. The quantitative estimate of drug-likeness (QED) is 0.681. The summed E-state index contributed by atoms with van der Waals surface area (Å²) < 4.78 is 0. The second-order valence-corrected chi connectivity index (χ2v) is 4.82. The van der Waals surface area contributed by atoms with Crippen LogP contribution in [-0.2, 0) is 4.79 Å². The molecule has 0 aromatic heterocycles. The number of carbonyl (C=O) groups is 1. The number of nitrogens with zero attached hydrogens (tertiary/aromatic N) is 2. The van der Waals surface area contributed by atoms with E-state index in [2.05, 4.69) is 16.0 Å². The van der Waals surface area contributed by atoms with Crippen LogP contribution in [0.2, 0.25) is 0 Å². The molecule has 3 aliphatic rings. The number of hydrogen-bond donors (Lipinski definition) is 0. The lowest BCUT2D eigenvalue weighted by molar-refractivity contribution is -0.113. The molecule has 1 aliphatic carbocycles. The molecule has 0 N–H and O–H groups in total. The van der Waals surface area contributed by atoms with Crippen molar-refractivity contribution in [1.29, 1.82) is 0 Å². The Balaban J connectivity index is 1.80. The van der Waals surface area contributed by atoms with Gasteiger partial charge in [-0.2, -0.15) is 0 Å². The lowest BCUT2D eigenvalue weighted by Gasteiger charge is -2.26. The molecule has 2 unspecified atom stereocenters. The molecule has 1 saturated carbocycles. The van der Waals surface area contributed by atoms with Crippen LogP contribution >= 0.6 is 0 Å². The molecular weight excluding hydrogens is 188 g/mol. The smallest absolute Gasteiger partial charge is 0.161 e. The summed E-state index contributed by atoms with van der Waals surface area (Å²) in [5, 5.41) is 0. The van der Waals surface area contributed by atoms with E-state index in [1.54, 1.807) is 13.1 Å². The average molecular weight is 204 g/mol. The van der Waals surface area contributed by atoms with E-state index in [1.807, 2.05) is 0 Å². The number of Topliss-reactive ketones (excluding diaryl/α,β-unsaturated/α-hetero) is 1. The summed E-state index contributed by atoms with van der Waals surface area (Å²) in [4.78, 5) is 18.3. The second-order valence-electron chi connectivity index (χ2n) is 4.82. The van der Waals surface area contributed by atoms with Crippen molar-refractivity contribution in [3.8, 4) is 0 Å². The molecule has 80 valence electrons. The topological polar surface area (TPSA) is 32.7 Å². The number of dihydropyridines is 1. The minimum absolute atomic E-state index is 0.0649. The number of likely N-dealkylation sites (tertiary alicyclic amines) is 1. The monoisotopic (exact) mass is 204 g/mol. The molecule has 1 saturated heterocycles. The Bertz CT molecular complexity index is 366. The molecule has 2 fully saturated rings. The van der Waals surface area contributed by atoms with Crippen LogP contribution in [0.1, 0.15) is 26.2 Å². The first-order valence-electron chi connectivity index (χ1n) is 5.75. The van der Waals surface area contributed by atoms with Crippen molar-refractivity contribution in [3.63, 3.8) is 0 Å². The summed E-state index contributed by atoms with van der Waals surface area (Å²) in [7, 11) is 0. The summed E-state index contributed by atoms with van der Waals surface area (Å²) in [5.41, 5.74) is 0.863. The van der Waals surface area contributed by atoms with E-state index in [-0.39, 0.29) is 11.4 Å². The van der Waals surface area contributed by atoms with Crippen LogP contribution in [0.3, 0.4) is 0 Å². The van der Waals surface area contributed by atoms with Gasteiger partial charge in [-0.25, -0.2) is 0 Å². The fourth-order valence-electron chi connectivity index (χ4n) is 2.80. The predicted octanol–water partition coefficient (Wildman–Crippen LogP) is 1.40. The molecule has 0 aromatic carbocycles. The van der Waals surface area contributed by atoms with Gasteiger partial charge in [-0.1, -0.05) is 6.08 Å². The first kappa shape index (κ1) is 9.28. The van der Waals surface area contributed by atoms with Gasteiger partial charge in [0.15, 0.2) is 5.78 Å². The lowest BCUT2D eigenvalue weighted by atomic mass is 10.1. The van der Waals surface area contributed by atoms with Gasteiger partial charge in [-0.3, -0.25) is 14.7 Å². The van der Waals surface area contributed by atoms with E-state index < -0.39 is 0 Å². The molecule has 3 heteroatoms. The van der Waals surface area contributed by atoms with E-state index in [0.29, 0.717) is 5.92 Å². The van der Waals surface area contributed by atoms with Gasteiger partial charge in [0.05, 0.1) is 0 Å². The van der Waals surface area contributed by atoms with Crippen molar-refractivity contribution in [3.05, 3.63) is 11.6 Å². The standard InChI is InChI=1S/C12H16N2O/c1-9(15)10-6-11-7-12(11,13-8-10)14-4-2-3-5-14/h6,8,11H,2-5,7H2,1H3. The van der Waals surface area contributed by atoms with Crippen molar-refractivity contribution in [2.24, 2.45) is 10.9 Å². The van der Waals surface area contributed by atoms with E-state index in [9.17, 15) is 4.79 Å². The third-order valence-electron chi connectivity index (χ3n) is 3.82.